The number of carbonyl (C=O) groups is 2. The second-order valence-electron chi connectivity index (χ2n) is 6.42. The summed E-state index contributed by atoms with van der Waals surface area (Å²) in [7, 11) is 1.69. The number of urea groups is 1. The summed E-state index contributed by atoms with van der Waals surface area (Å²) in [5.41, 5.74) is 1.33. The number of rotatable bonds is 8. The van der Waals surface area contributed by atoms with Crippen LogP contribution in [0.25, 0.3) is 0 Å². The van der Waals surface area contributed by atoms with Gasteiger partial charge in [-0.1, -0.05) is 12.1 Å². The lowest BCUT2D eigenvalue weighted by atomic mass is 10.3. The molecule has 3 amide bonds. The van der Waals surface area contributed by atoms with E-state index in [1.54, 1.807) is 43.4 Å². The minimum Gasteiger partial charge on any atom is -0.492 e. The first-order valence-corrected chi connectivity index (χ1v) is 9.19. The van der Waals surface area contributed by atoms with E-state index >= 15 is 0 Å². The predicted octanol–water partition coefficient (Wildman–Crippen LogP) is 3.66. The van der Waals surface area contributed by atoms with Crippen molar-refractivity contribution < 1.29 is 19.1 Å². The molecular formula is C21H27N3O4. The number of para-hydroxylation sites is 2. The van der Waals surface area contributed by atoms with Crippen LogP contribution in [-0.2, 0) is 4.79 Å². The highest BCUT2D eigenvalue weighted by atomic mass is 16.5. The fraction of sp³-hybridized carbons (Fsp3) is 0.333. The summed E-state index contributed by atoms with van der Waals surface area (Å²) in [4.78, 5) is 25.7. The number of hydrogen-bond donors (Lipinski definition) is 2. The molecule has 2 N–H and O–H groups in total. The number of anilines is 2. The average Bonchev–Trinajstić information content (AvgIpc) is 2.67. The zero-order chi connectivity index (χ0) is 20.5. The van der Waals surface area contributed by atoms with Crippen molar-refractivity contribution >= 4 is 23.3 Å². The molecule has 0 aliphatic carbocycles. The first-order valence-electron chi connectivity index (χ1n) is 9.19. The summed E-state index contributed by atoms with van der Waals surface area (Å²) in [5.74, 6) is 0.865. The van der Waals surface area contributed by atoms with Crippen molar-refractivity contribution in [1.82, 2.24) is 5.32 Å². The van der Waals surface area contributed by atoms with Crippen molar-refractivity contribution in [3.8, 4) is 11.5 Å². The fourth-order valence-corrected chi connectivity index (χ4v) is 2.41. The maximum absolute atomic E-state index is 12.2. The van der Waals surface area contributed by atoms with Gasteiger partial charge in [0.05, 0.1) is 12.3 Å². The zero-order valence-corrected chi connectivity index (χ0v) is 16.7. The number of nitrogens with zero attached hydrogens (tertiary/aromatic N) is 1. The van der Waals surface area contributed by atoms with Crippen LogP contribution in [-0.4, -0.2) is 38.2 Å². The van der Waals surface area contributed by atoms with E-state index in [4.69, 9.17) is 9.47 Å². The van der Waals surface area contributed by atoms with Gasteiger partial charge in [0.1, 0.15) is 11.5 Å². The molecular weight excluding hydrogens is 358 g/mol. The molecule has 0 aliphatic rings. The van der Waals surface area contributed by atoms with Gasteiger partial charge in [0.15, 0.2) is 6.61 Å². The van der Waals surface area contributed by atoms with E-state index in [0.29, 0.717) is 23.8 Å². The Morgan fingerprint density at radius 3 is 2.36 bits per heavy atom. The van der Waals surface area contributed by atoms with Crippen LogP contribution in [0.5, 0.6) is 11.5 Å². The SMILES string of the molecule is CCOc1ccccc1NC(=O)COc1ccc(N(C)C(=O)NC(C)C)cc1. The van der Waals surface area contributed by atoms with Crippen molar-refractivity contribution in [3.63, 3.8) is 0 Å². The van der Waals surface area contributed by atoms with Gasteiger partial charge < -0.3 is 20.1 Å². The zero-order valence-electron chi connectivity index (χ0n) is 16.7. The van der Waals surface area contributed by atoms with Gasteiger partial charge in [0.2, 0.25) is 0 Å². The molecule has 0 spiro atoms. The van der Waals surface area contributed by atoms with Crippen LogP contribution in [0.1, 0.15) is 20.8 Å². The molecule has 0 heterocycles. The van der Waals surface area contributed by atoms with E-state index in [-0.39, 0.29) is 24.6 Å². The largest absolute Gasteiger partial charge is 0.492 e. The predicted molar refractivity (Wildman–Crippen MR) is 110 cm³/mol. The third-order valence-corrected chi connectivity index (χ3v) is 3.77. The smallest absolute Gasteiger partial charge is 0.321 e. The summed E-state index contributed by atoms with van der Waals surface area (Å²) in [5, 5.41) is 5.60. The molecule has 7 nitrogen and oxygen atoms in total. The fourth-order valence-electron chi connectivity index (χ4n) is 2.41. The summed E-state index contributed by atoms with van der Waals surface area (Å²) < 4.78 is 11.0. The molecule has 0 fully saturated rings. The molecule has 0 bridgehead atoms. The second-order valence-corrected chi connectivity index (χ2v) is 6.42. The molecule has 0 radical (unpaired) electrons. The first kappa shape index (κ1) is 21.1. The lowest BCUT2D eigenvalue weighted by molar-refractivity contribution is -0.118. The molecule has 7 heteroatoms. The van der Waals surface area contributed by atoms with Crippen LogP contribution in [0.2, 0.25) is 0 Å². The van der Waals surface area contributed by atoms with Crippen molar-refractivity contribution in [3.05, 3.63) is 48.5 Å². The molecule has 2 rings (SSSR count). The number of hydrogen-bond acceptors (Lipinski definition) is 4. The van der Waals surface area contributed by atoms with E-state index in [1.165, 1.54) is 4.90 Å². The molecule has 0 saturated carbocycles. The van der Waals surface area contributed by atoms with E-state index in [1.807, 2.05) is 32.9 Å². The van der Waals surface area contributed by atoms with Crippen LogP contribution in [0, 0.1) is 0 Å². The lowest BCUT2D eigenvalue weighted by Crippen LogP contribution is -2.40. The Morgan fingerprint density at radius 1 is 1.04 bits per heavy atom. The van der Waals surface area contributed by atoms with E-state index in [2.05, 4.69) is 10.6 Å². The highest BCUT2D eigenvalue weighted by Crippen LogP contribution is 2.24. The number of ether oxygens (including phenoxy) is 2. The Kier molecular flexibility index (Phi) is 7.68. The van der Waals surface area contributed by atoms with Gasteiger partial charge in [0.25, 0.3) is 5.91 Å². The minimum atomic E-state index is -0.287. The van der Waals surface area contributed by atoms with Gasteiger partial charge in [-0.15, -0.1) is 0 Å². The van der Waals surface area contributed by atoms with Crippen LogP contribution in [0.15, 0.2) is 48.5 Å². The number of amides is 3. The molecule has 2 aromatic rings. The van der Waals surface area contributed by atoms with Crippen LogP contribution < -0.4 is 25.0 Å². The van der Waals surface area contributed by atoms with E-state index < -0.39 is 0 Å². The molecule has 0 atom stereocenters. The lowest BCUT2D eigenvalue weighted by Gasteiger charge is -2.20. The standard InChI is InChI=1S/C21H27N3O4/c1-5-27-19-9-7-6-8-18(19)23-20(25)14-28-17-12-10-16(11-13-17)24(4)21(26)22-15(2)3/h6-13,15H,5,14H2,1-4H3,(H,22,26)(H,23,25). The van der Waals surface area contributed by atoms with Gasteiger partial charge in [-0.3, -0.25) is 9.69 Å². The van der Waals surface area contributed by atoms with Gasteiger partial charge in [-0.05, 0) is 57.2 Å². The molecule has 28 heavy (non-hydrogen) atoms. The van der Waals surface area contributed by atoms with Crippen molar-refractivity contribution in [2.75, 3.05) is 30.5 Å². The van der Waals surface area contributed by atoms with Gasteiger partial charge >= 0.3 is 6.03 Å². The Morgan fingerprint density at radius 2 is 1.71 bits per heavy atom. The summed E-state index contributed by atoms with van der Waals surface area (Å²) in [6, 6.07) is 14.1. The maximum Gasteiger partial charge on any atom is 0.321 e. The molecule has 150 valence electrons. The van der Waals surface area contributed by atoms with E-state index in [9.17, 15) is 9.59 Å². The van der Waals surface area contributed by atoms with Crippen LogP contribution in [0.4, 0.5) is 16.2 Å². The minimum absolute atomic E-state index is 0.0592. The normalized spacial score (nSPS) is 10.3. The van der Waals surface area contributed by atoms with E-state index in [0.717, 1.165) is 5.69 Å². The Balaban J connectivity index is 1.89. The third kappa shape index (κ3) is 6.19. The highest BCUT2D eigenvalue weighted by Gasteiger charge is 2.12. The Hall–Kier alpha value is -3.22. The monoisotopic (exact) mass is 385 g/mol. The van der Waals surface area contributed by atoms with Crippen molar-refractivity contribution in [1.29, 1.82) is 0 Å². The Bertz CT molecular complexity index is 790. The quantitative estimate of drug-likeness (QED) is 0.727. The van der Waals surface area contributed by atoms with Crippen molar-refractivity contribution in [2.45, 2.75) is 26.8 Å². The van der Waals surface area contributed by atoms with Gasteiger partial charge in [-0.25, -0.2) is 4.79 Å². The third-order valence-electron chi connectivity index (χ3n) is 3.77. The number of nitrogens with one attached hydrogen (secondary N) is 2. The average molecular weight is 385 g/mol. The number of carbonyl (C=O) groups excluding carboxylic acids is 2. The van der Waals surface area contributed by atoms with Crippen LogP contribution >= 0.6 is 0 Å². The van der Waals surface area contributed by atoms with Crippen LogP contribution in [0.3, 0.4) is 0 Å². The van der Waals surface area contributed by atoms with Gasteiger partial charge in [-0.2, -0.15) is 0 Å². The molecule has 0 saturated heterocycles. The molecule has 0 aromatic heterocycles. The Labute approximate surface area is 165 Å². The second kappa shape index (κ2) is 10.2. The number of benzene rings is 2. The summed E-state index contributed by atoms with van der Waals surface area (Å²) in [6.07, 6.45) is 0. The maximum atomic E-state index is 12.2. The highest BCUT2D eigenvalue weighted by molar-refractivity contribution is 5.93. The molecule has 2 aromatic carbocycles. The van der Waals surface area contributed by atoms with Gasteiger partial charge in [0, 0.05) is 18.8 Å². The van der Waals surface area contributed by atoms with Crippen molar-refractivity contribution in [2.24, 2.45) is 0 Å². The summed E-state index contributed by atoms with van der Waals surface area (Å²) in [6.45, 7) is 6.07. The topological polar surface area (TPSA) is 79.9 Å². The first-order chi connectivity index (χ1) is 13.4. The molecule has 0 aliphatic heterocycles. The molecule has 0 unspecified atom stereocenters. The summed E-state index contributed by atoms with van der Waals surface area (Å²) >= 11 is 0.